The second kappa shape index (κ2) is 9.54. The fraction of sp³-hybridized carbons (Fsp3) is 0.364. The van der Waals surface area contributed by atoms with Gasteiger partial charge in [0.15, 0.2) is 0 Å². The van der Waals surface area contributed by atoms with Gasteiger partial charge in [-0.15, -0.1) is 0 Å². The fourth-order valence-electron chi connectivity index (χ4n) is 3.97. The number of rotatable bonds is 4. The van der Waals surface area contributed by atoms with Crippen molar-refractivity contribution >= 4 is 34.8 Å². The van der Waals surface area contributed by atoms with E-state index in [4.69, 9.17) is 16.3 Å². The van der Waals surface area contributed by atoms with Crippen LogP contribution >= 0.6 is 11.6 Å². The lowest BCUT2D eigenvalue weighted by Crippen LogP contribution is -2.49. The summed E-state index contributed by atoms with van der Waals surface area (Å²) in [6.45, 7) is 3.56. The van der Waals surface area contributed by atoms with Gasteiger partial charge < -0.3 is 19.4 Å². The lowest BCUT2D eigenvalue weighted by Gasteiger charge is -2.36. The molecular formula is C22H23ClN4O5. The molecule has 2 heterocycles. The molecule has 32 heavy (non-hydrogen) atoms. The van der Waals surface area contributed by atoms with Crippen LogP contribution in [0.15, 0.2) is 42.5 Å². The molecule has 0 unspecified atom stereocenters. The summed E-state index contributed by atoms with van der Waals surface area (Å²) in [4.78, 5) is 42.0. The maximum Gasteiger partial charge on any atom is 0.293 e. The van der Waals surface area contributed by atoms with Crippen molar-refractivity contribution in [3.8, 4) is 0 Å². The Labute approximate surface area is 190 Å². The molecule has 0 radical (unpaired) electrons. The minimum absolute atomic E-state index is 0.116. The van der Waals surface area contributed by atoms with Crippen LogP contribution in [0.25, 0.3) is 0 Å². The Morgan fingerprint density at radius 3 is 2.22 bits per heavy atom. The highest BCUT2D eigenvalue weighted by molar-refractivity contribution is 6.33. The summed E-state index contributed by atoms with van der Waals surface area (Å²) in [6.07, 6.45) is 0. The molecule has 0 N–H and O–H groups in total. The molecule has 2 saturated heterocycles. The van der Waals surface area contributed by atoms with Crippen molar-refractivity contribution in [1.82, 2.24) is 9.80 Å². The van der Waals surface area contributed by atoms with Gasteiger partial charge in [-0.25, -0.2) is 0 Å². The first-order valence-electron chi connectivity index (χ1n) is 10.4. The molecule has 168 valence electrons. The van der Waals surface area contributed by atoms with Gasteiger partial charge in [-0.3, -0.25) is 19.7 Å². The third-order valence-corrected chi connectivity index (χ3v) is 6.06. The maximum absolute atomic E-state index is 12.8. The van der Waals surface area contributed by atoms with Gasteiger partial charge in [-0.2, -0.15) is 0 Å². The van der Waals surface area contributed by atoms with Crippen LogP contribution in [0.5, 0.6) is 0 Å². The number of amides is 2. The molecule has 2 amide bonds. The number of nitro groups is 1. The largest absolute Gasteiger partial charge is 0.378 e. The van der Waals surface area contributed by atoms with E-state index in [0.717, 1.165) is 0 Å². The van der Waals surface area contributed by atoms with Crippen LogP contribution in [-0.2, 0) is 4.74 Å². The standard InChI is InChI=1S/C22H23ClN4O5/c23-18-4-2-1-3-17(18)22(29)25-9-7-24(8-10-25)19-6-5-16(15-20(19)27(30)31)21(28)26-11-13-32-14-12-26/h1-6,15H,7-14H2. The van der Waals surface area contributed by atoms with E-state index in [1.807, 2.05) is 4.90 Å². The molecule has 2 aliphatic heterocycles. The number of halogens is 1. The number of benzene rings is 2. The van der Waals surface area contributed by atoms with Gasteiger partial charge in [0.2, 0.25) is 0 Å². The third-order valence-electron chi connectivity index (χ3n) is 5.73. The van der Waals surface area contributed by atoms with Crippen molar-refractivity contribution < 1.29 is 19.2 Å². The smallest absolute Gasteiger partial charge is 0.293 e. The molecule has 0 saturated carbocycles. The molecule has 2 fully saturated rings. The minimum Gasteiger partial charge on any atom is -0.378 e. The van der Waals surface area contributed by atoms with Crippen molar-refractivity contribution in [3.05, 3.63) is 68.7 Å². The SMILES string of the molecule is O=C(c1ccc(N2CCN(C(=O)c3ccccc3Cl)CC2)c([N+](=O)[O-])c1)N1CCOCC1. The summed E-state index contributed by atoms with van der Waals surface area (Å²) in [6, 6.07) is 11.5. The Morgan fingerprint density at radius 1 is 0.906 bits per heavy atom. The molecule has 0 bridgehead atoms. The molecule has 2 aromatic rings. The van der Waals surface area contributed by atoms with Crippen molar-refractivity contribution in [2.75, 3.05) is 57.4 Å². The van der Waals surface area contributed by atoms with Gasteiger partial charge in [0, 0.05) is 50.9 Å². The van der Waals surface area contributed by atoms with E-state index in [1.54, 1.807) is 46.2 Å². The molecule has 10 heteroatoms. The molecule has 0 aromatic heterocycles. The van der Waals surface area contributed by atoms with Gasteiger partial charge in [-0.1, -0.05) is 23.7 Å². The van der Waals surface area contributed by atoms with Crippen LogP contribution in [0, 0.1) is 10.1 Å². The van der Waals surface area contributed by atoms with Crippen LogP contribution < -0.4 is 4.90 Å². The van der Waals surface area contributed by atoms with E-state index < -0.39 is 4.92 Å². The van der Waals surface area contributed by atoms with Crippen molar-refractivity contribution in [2.45, 2.75) is 0 Å². The zero-order valence-electron chi connectivity index (χ0n) is 17.4. The second-order valence-corrected chi connectivity index (χ2v) is 8.03. The monoisotopic (exact) mass is 458 g/mol. The van der Waals surface area contributed by atoms with Gasteiger partial charge >= 0.3 is 0 Å². The molecule has 9 nitrogen and oxygen atoms in total. The van der Waals surface area contributed by atoms with E-state index in [-0.39, 0.29) is 23.1 Å². The minimum atomic E-state index is -0.466. The van der Waals surface area contributed by atoms with Crippen molar-refractivity contribution in [1.29, 1.82) is 0 Å². The van der Waals surface area contributed by atoms with E-state index >= 15 is 0 Å². The topological polar surface area (TPSA) is 96.2 Å². The Bertz CT molecular complexity index is 1030. The Hall–Kier alpha value is -3.17. The predicted octanol–water partition coefficient (Wildman–Crippen LogP) is 2.68. The maximum atomic E-state index is 12.8. The number of nitrogens with zero attached hydrogens (tertiary/aromatic N) is 4. The number of ether oxygens (including phenoxy) is 1. The highest BCUT2D eigenvalue weighted by Crippen LogP contribution is 2.31. The molecule has 4 rings (SSSR count). The molecule has 2 aromatic carbocycles. The Kier molecular flexibility index (Phi) is 6.57. The van der Waals surface area contributed by atoms with Gasteiger partial charge in [0.05, 0.1) is 28.7 Å². The van der Waals surface area contributed by atoms with Gasteiger partial charge in [0.1, 0.15) is 5.69 Å². The van der Waals surface area contributed by atoms with Crippen LogP contribution in [0.1, 0.15) is 20.7 Å². The van der Waals surface area contributed by atoms with Crippen LogP contribution in [0.2, 0.25) is 5.02 Å². The quantitative estimate of drug-likeness (QED) is 0.516. The number of nitro benzene ring substituents is 1. The summed E-state index contributed by atoms with van der Waals surface area (Å²) < 4.78 is 5.26. The number of hydrogen-bond acceptors (Lipinski definition) is 6. The number of anilines is 1. The van der Waals surface area contributed by atoms with E-state index in [9.17, 15) is 19.7 Å². The Balaban J connectivity index is 1.48. The first kappa shape index (κ1) is 22.0. The lowest BCUT2D eigenvalue weighted by atomic mass is 10.1. The first-order valence-corrected chi connectivity index (χ1v) is 10.8. The summed E-state index contributed by atoms with van der Waals surface area (Å²) in [5, 5.41) is 12.2. The molecule has 2 aliphatic rings. The van der Waals surface area contributed by atoms with Gasteiger partial charge in [0.25, 0.3) is 17.5 Å². The zero-order chi connectivity index (χ0) is 22.7. The lowest BCUT2D eigenvalue weighted by molar-refractivity contribution is -0.384. The van der Waals surface area contributed by atoms with E-state index in [2.05, 4.69) is 0 Å². The van der Waals surface area contributed by atoms with Crippen LogP contribution in [0.4, 0.5) is 11.4 Å². The van der Waals surface area contributed by atoms with Crippen molar-refractivity contribution in [2.24, 2.45) is 0 Å². The fourth-order valence-corrected chi connectivity index (χ4v) is 4.19. The molecular weight excluding hydrogens is 436 g/mol. The number of morpholine rings is 1. The van der Waals surface area contributed by atoms with Crippen LogP contribution in [0.3, 0.4) is 0 Å². The summed E-state index contributed by atoms with van der Waals surface area (Å²) >= 11 is 6.14. The Morgan fingerprint density at radius 2 is 1.56 bits per heavy atom. The highest BCUT2D eigenvalue weighted by atomic mass is 35.5. The first-order chi connectivity index (χ1) is 15.5. The van der Waals surface area contributed by atoms with E-state index in [0.29, 0.717) is 68.8 Å². The normalized spacial score (nSPS) is 16.7. The predicted molar refractivity (Wildman–Crippen MR) is 119 cm³/mol. The number of hydrogen-bond donors (Lipinski definition) is 0. The average molecular weight is 459 g/mol. The van der Waals surface area contributed by atoms with Gasteiger partial charge in [-0.05, 0) is 24.3 Å². The van der Waals surface area contributed by atoms with Crippen LogP contribution in [-0.4, -0.2) is 79.0 Å². The molecule has 0 spiro atoms. The number of carbonyl (C=O) groups is 2. The zero-order valence-corrected chi connectivity index (χ0v) is 18.2. The van der Waals surface area contributed by atoms with E-state index in [1.165, 1.54) is 6.07 Å². The molecule has 0 atom stereocenters. The van der Waals surface area contributed by atoms with Crippen molar-refractivity contribution in [3.63, 3.8) is 0 Å². The summed E-state index contributed by atoms with van der Waals surface area (Å²) in [7, 11) is 0. The average Bonchev–Trinajstić information content (AvgIpc) is 2.83. The number of carbonyl (C=O) groups excluding carboxylic acids is 2. The summed E-state index contributed by atoms with van der Waals surface area (Å²) in [5.74, 6) is -0.394. The third kappa shape index (κ3) is 4.53. The highest BCUT2D eigenvalue weighted by Gasteiger charge is 2.29. The summed E-state index contributed by atoms with van der Waals surface area (Å²) in [5.41, 5.74) is 1.06. The number of piperazine rings is 1. The second-order valence-electron chi connectivity index (χ2n) is 7.62. The molecule has 0 aliphatic carbocycles.